The number of pyridine rings is 1. The zero-order chi connectivity index (χ0) is 29.9. The Kier molecular flexibility index (Phi) is 6.07. The van der Waals surface area contributed by atoms with E-state index in [2.05, 4.69) is 21.3 Å². The molecule has 13 nitrogen and oxygen atoms in total. The lowest BCUT2D eigenvalue weighted by Gasteiger charge is -2.23. The van der Waals surface area contributed by atoms with Gasteiger partial charge in [0, 0.05) is 36.1 Å². The van der Waals surface area contributed by atoms with Crippen molar-refractivity contribution >= 4 is 49.9 Å². The summed E-state index contributed by atoms with van der Waals surface area (Å²) in [6.45, 7) is 1.61. The van der Waals surface area contributed by atoms with Gasteiger partial charge in [-0.05, 0) is 37.3 Å². The lowest BCUT2D eigenvalue weighted by Crippen LogP contribution is -2.35. The molecule has 4 heterocycles. The molecular weight excluding hydrogens is 560 g/mol. The highest BCUT2D eigenvalue weighted by Crippen LogP contribution is 2.40. The third kappa shape index (κ3) is 4.07. The number of carbonyl (C=O) groups excluding carboxylic acids is 2. The third-order valence-corrected chi connectivity index (χ3v) is 7.49. The van der Waals surface area contributed by atoms with Gasteiger partial charge in [-0.25, -0.2) is 14.6 Å². The van der Waals surface area contributed by atoms with E-state index in [-0.39, 0.29) is 39.6 Å². The predicted octanol–water partition coefficient (Wildman–Crippen LogP) is 1.71. The van der Waals surface area contributed by atoms with Gasteiger partial charge in [-0.3, -0.25) is 23.7 Å². The molecule has 210 valence electrons. The molecule has 1 atom stereocenters. The minimum atomic E-state index is -4.30. The molecule has 42 heavy (non-hydrogen) atoms. The summed E-state index contributed by atoms with van der Waals surface area (Å²) < 4.78 is 28.3. The number of anilines is 2. The molecule has 0 saturated heterocycles. The number of rotatable bonds is 6. The van der Waals surface area contributed by atoms with Gasteiger partial charge < -0.3 is 10.2 Å². The Balaban J connectivity index is 1.59. The Hall–Kier alpha value is -5.52. The minimum absolute atomic E-state index is 0.0496. The molecule has 0 aliphatic carbocycles. The zero-order valence-corrected chi connectivity index (χ0v) is 23.0. The molecule has 0 bridgehead atoms. The summed E-state index contributed by atoms with van der Waals surface area (Å²) in [5.74, 6) is 1.03. The number of nitrogens with two attached hydrogens (primary N) is 1. The Labute approximate surface area is 238 Å². The molecule has 2 aromatic carbocycles. The fourth-order valence-electron chi connectivity index (χ4n) is 5.30. The van der Waals surface area contributed by atoms with Crippen molar-refractivity contribution in [3.05, 3.63) is 93.7 Å². The van der Waals surface area contributed by atoms with Gasteiger partial charge in [0.05, 0.1) is 28.4 Å². The van der Waals surface area contributed by atoms with Crippen LogP contribution in [0, 0.1) is 12.3 Å². The van der Waals surface area contributed by atoms with Crippen LogP contribution in [-0.2, 0) is 10.2 Å². The first-order chi connectivity index (χ1) is 20.0. The average Bonchev–Trinajstić information content (AvgIpc) is 3.43. The maximum absolute atomic E-state index is 14.2. The highest BCUT2D eigenvalue weighted by Gasteiger charge is 2.37. The topological polar surface area (TPSA) is 174 Å². The lowest BCUT2D eigenvalue weighted by molar-refractivity contribution is 0.0935. The summed E-state index contributed by atoms with van der Waals surface area (Å²) in [6.07, 6.45) is 8.65. The first kappa shape index (κ1) is 26.7. The standard InChI is InChI=1S/C28H22N8O5S/c1-4-16-11-12-18-20-19(16)28(39)36(17-9-6-5-7-10-17)23(21(20)27(38)34(18)3)15(2)31-26(37)22-24(33-42(29,40)41)32-35-14-8-13-30-25(22)35/h1,5-15H,2-3H3,(H,31,37)(H,32,33)(H2,29,40,41)/t15-/m1/s1. The number of hydrogen-bond donors (Lipinski definition) is 3. The molecule has 6 rings (SSSR count). The van der Waals surface area contributed by atoms with Crippen molar-refractivity contribution in [1.29, 1.82) is 0 Å². The molecule has 2 amide bonds. The fraction of sp³-hybridized carbons (Fsp3) is 0.107. The Morgan fingerprint density at radius 2 is 1.83 bits per heavy atom. The van der Waals surface area contributed by atoms with E-state index < -0.39 is 27.7 Å². The highest BCUT2D eigenvalue weighted by atomic mass is 32.2. The number of hydrogen-bond acceptors (Lipinski definition) is 7. The van der Waals surface area contributed by atoms with Crippen molar-refractivity contribution in [3.8, 4) is 18.0 Å². The summed E-state index contributed by atoms with van der Waals surface area (Å²) >= 11 is 0. The maximum Gasteiger partial charge on any atom is 0.297 e. The number of benzene rings is 2. The number of amides is 2. The number of carbonyl (C=O) groups is 2. The molecule has 0 radical (unpaired) electrons. The second-order valence-electron chi connectivity index (χ2n) is 9.58. The summed E-state index contributed by atoms with van der Waals surface area (Å²) in [6, 6.07) is 12.5. The Bertz CT molecular complexity index is 2180. The molecule has 0 fully saturated rings. The van der Waals surface area contributed by atoms with Crippen LogP contribution < -0.4 is 25.6 Å². The molecule has 0 saturated carbocycles. The van der Waals surface area contributed by atoms with Gasteiger partial charge in [-0.1, -0.05) is 24.1 Å². The van der Waals surface area contributed by atoms with Crippen molar-refractivity contribution < 1.29 is 18.0 Å². The Morgan fingerprint density at radius 1 is 1.10 bits per heavy atom. The van der Waals surface area contributed by atoms with E-state index in [4.69, 9.17) is 11.6 Å². The lowest BCUT2D eigenvalue weighted by atomic mass is 9.97. The molecule has 14 heteroatoms. The minimum Gasteiger partial charge on any atom is -0.344 e. The average molecular weight is 583 g/mol. The SMILES string of the molecule is C#Cc1ccc2c3c(c([C@@H](C)NC(=O)c4c(NS(N)(=O)=O)nn5cccnc45)n(-c4ccccc4)c(=O)c13)C(=O)N2C. The maximum atomic E-state index is 14.2. The smallest absolute Gasteiger partial charge is 0.297 e. The first-order valence-electron chi connectivity index (χ1n) is 12.5. The van der Waals surface area contributed by atoms with Crippen molar-refractivity contribution in [1.82, 2.24) is 24.5 Å². The monoisotopic (exact) mass is 582 g/mol. The van der Waals surface area contributed by atoms with Crippen molar-refractivity contribution in [2.24, 2.45) is 5.14 Å². The van der Waals surface area contributed by atoms with Gasteiger partial charge in [0.15, 0.2) is 11.5 Å². The number of aromatic nitrogens is 4. The fourth-order valence-corrected chi connectivity index (χ4v) is 5.72. The van der Waals surface area contributed by atoms with Crippen molar-refractivity contribution in [2.45, 2.75) is 13.0 Å². The van der Waals surface area contributed by atoms with Crippen LogP contribution >= 0.6 is 0 Å². The van der Waals surface area contributed by atoms with E-state index in [1.807, 2.05) is 4.72 Å². The number of nitrogens with one attached hydrogen (secondary N) is 2. The van der Waals surface area contributed by atoms with Gasteiger partial charge in [-0.2, -0.15) is 8.42 Å². The zero-order valence-electron chi connectivity index (χ0n) is 22.2. The number of fused-ring (bicyclic) bond motifs is 1. The van der Waals surface area contributed by atoms with Crippen LogP contribution in [0.15, 0.2) is 65.7 Å². The van der Waals surface area contributed by atoms with E-state index in [0.29, 0.717) is 22.3 Å². The Morgan fingerprint density at radius 3 is 2.52 bits per heavy atom. The molecular formula is C28H22N8O5S. The van der Waals surface area contributed by atoms with E-state index in [1.165, 1.54) is 26.4 Å². The first-order valence-corrected chi connectivity index (χ1v) is 14.1. The van der Waals surface area contributed by atoms with Gasteiger partial charge in [0.2, 0.25) is 0 Å². The largest absolute Gasteiger partial charge is 0.344 e. The summed E-state index contributed by atoms with van der Waals surface area (Å²) in [5, 5.41) is 12.7. The van der Waals surface area contributed by atoms with E-state index in [0.717, 1.165) is 0 Å². The van der Waals surface area contributed by atoms with E-state index in [9.17, 15) is 22.8 Å². The molecule has 5 aromatic rings. The number of terminal acetylenes is 1. The normalized spacial score (nSPS) is 13.4. The summed E-state index contributed by atoms with van der Waals surface area (Å²) in [5.41, 5.74) is 1.07. The summed E-state index contributed by atoms with van der Waals surface area (Å²) in [4.78, 5) is 47.3. The van der Waals surface area contributed by atoms with Gasteiger partial charge in [0.25, 0.3) is 27.6 Å². The summed E-state index contributed by atoms with van der Waals surface area (Å²) in [7, 11) is -2.71. The van der Waals surface area contributed by atoms with Gasteiger partial charge >= 0.3 is 0 Å². The molecule has 0 spiro atoms. The third-order valence-electron chi connectivity index (χ3n) is 7.02. The molecule has 0 unspecified atom stereocenters. The predicted molar refractivity (Wildman–Crippen MR) is 156 cm³/mol. The molecule has 3 aromatic heterocycles. The van der Waals surface area contributed by atoms with Gasteiger partial charge in [-0.15, -0.1) is 11.5 Å². The second-order valence-corrected chi connectivity index (χ2v) is 10.9. The van der Waals surface area contributed by atoms with Crippen LogP contribution in [0.2, 0.25) is 0 Å². The highest BCUT2D eigenvalue weighted by molar-refractivity contribution is 7.90. The second kappa shape index (κ2) is 9.54. The quantitative estimate of drug-likeness (QED) is 0.256. The van der Waals surface area contributed by atoms with Crippen LogP contribution in [0.3, 0.4) is 0 Å². The van der Waals surface area contributed by atoms with Crippen LogP contribution in [0.25, 0.3) is 22.1 Å². The molecule has 1 aliphatic rings. The van der Waals surface area contributed by atoms with E-state index >= 15 is 0 Å². The van der Waals surface area contributed by atoms with Crippen molar-refractivity contribution in [2.75, 3.05) is 16.7 Å². The van der Waals surface area contributed by atoms with Gasteiger partial charge in [0.1, 0.15) is 5.56 Å². The molecule has 4 N–H and O–H groups in total. The van der Waals surface area contributed by atoms with E-state index in [1.54, 1.807) is 62.5 Å². The number of nitrogens with zero attached hydrogens (tertiary/aromatic N) is 5. The number of para-hydroxylation sites is 1. The van der Waals surface area contributed by atoms with Crippen LogP contribution in [0.4, 0.5) is 11.5 Å². The van der Waals surface area contributed by atoms with Crippen LogP contribution in [0.5, 0.6) is 0 Å². The van der Waals surface area contributed by atoms with Crippen LogP contribution in [-0.4, -0.2) is 46.4 Å². The van der Waals surface area contributed by atoms with Crippen molar-refractivity contribution in [3.63, 3.8) is 0 Å². The van der Waals surface area contributed by atoms with Crippen LogP contribution in [0.1, 0.15) is 44.9 Å². The molecule has 1 aliphatic heterocycles.